The molecule has 0 heterocycles. The lowest BCUT2D eigenvalue weighted by atomic mass is 10.2. The van der Waals surface area contributed by atoms with Gasteiger partial charge in [0.2, 0.25) is 0 Å². The van der Waals surface area contributed by atoms with Gasteiger partial charge in [0, 0.05) is 6.42 Å². The molecule has 86 valence electrons. The molecule has 0 saturated heterocycles. The molecule has 0 N–H and O–H groups in total. The molecule has 1 aromatic carbocycles. The Bertz CT molecular complexity index is 466. The Balaban J connectivity index is 2.59. The summed E-state index contributed by atoms with van der Waals surface area (Å²) in [6.07, 6.45) is 5.30. The molecule has 0 aromatic heterocycles. The monoisotopic (exact) mass is 238 g/mol. The highest BCUT2D eigenvalue weighted by molar-refractivity contribution is 7.85. The zero-order chi connectivity index (χ0) is 12.0. The highest BCUT2D eigenvalue weighted by Gasteiger charge is 2.11. The summed E-state index contributed by atoms with van der Waals surface area (Å²) in [5.74, 6) is 2.21. The van der Waals surface area contributed by atoms with E-state index >= 15 is 0 Å². The minimum Gasteiger partial charge on any atom is -0.269 e. The normalized spacial score (nSPS) is 11.0. The van der Waals surface area contributed by atoms with Crippen LogP contribution in [0, 0.1) is 19.3 Å². The van der Waals surface area contributed by atoms with Gasteiger partial charge in [-0.3, -0.25) is 4.18 Å². The average molecular weight is 238 g/mol. The van der Waals surface area contributed by atoms with Crippen LogP contribution < -0.4 is 0 Å². The molecule has 16 heavy (non-hydrogen) atoms. The fourth-order valence-corrected chi connectivity index (χ4v) is 2.18. The van der Waals surface area contributed by atoms with E-state index < -0.39 is 10.1 Å². The van der Waals surface area contributed by atoms with Crippen molar-refractivity contribution < 1.29 is 12.6 Å². The summed E-state index contributed by atoms with van der Waals surface area (Å²) in [5.41, 5.74) is 1.81. The van der Waals surface area contributed by atoms with Crippen molar-refractivity contribution in [3.63, 3.8) is 0 Å². The van der Waals surface area contributed by atoms with Crippen molar-refractivity contribution in [3.8, 4) is 12.3 Å². The molecule has 1 aromatic rings. The lowest BCUT2D eigenvalue weighted by molar-refractivity contribution is 0.326. The third kappa shape index (κ3) is 4.47. The second-order valence-corrected chi connectivity index (χ2v) is 5.10. The molecule has 1 rings (SSSR count). The molecule has 0 unspecified atom stereocenters. The van der Waals surface area contributed by atoms with E-state index in [0.29, 0.717) is 12.0 Å². The lowest BCUT2D eigenvalue weighted by Gasteiger charge is -2.04. The molecule has 0 aliphatic heterocycles. The lowest BCUT2D eigenvalue weighted by Crippen LogP contribution is -2.09. The summed E-state index contributed by atoms with van der Waals surface area (Å²) in [4.78, 5) is 0. The highest BCUT2D eigenvalue weighted by Crippen LogP contribution is 2.09. The first kappa shape index (κ1) is 12.8. The van der Waals surface area contributed by atoms with Crippen LogP contribution in [0.3, 0.4) is 0 Å². The molecular formula is C12H14O3S. The van der Waals surface area contributed by atoms with Crippen LogP contribution in [0.5, 0.6) is 0 Å². The third-order valence-corrected chi connectivity index (χ3v) is 3.19. The van der Waals surface area contributed by atoms with Gasteiger partial charge in [0.1, 0.15) is 5.75 Å². The van der Waals surface area contributed by atoms with Crippen molar-refractivity contribution in [2.24, 2.45) is 0 Å². The predicted octanol–water partition coefficient (Wildman–Crippen LogP) is 1.86. The Morgan fingerprint density at radius 3 is 2.50 bits per heavy atom. The summed E-state index contributed by atoms with van der Waals surface area (Å²) >= 11 is 0. The third-order valence-electron chi connectivity index (χ3n) is 1.97. The van der Waals surface area contributed by atoms with Gasteiger partial charge in [0.05, 0.1) is 6.61 Å². The molecule has 0 atom stereocenters. The molecule has 0 amide bonds. The SMILES string of the molecule is C#CCCOS(=O)(=O)Cc1ccc(C)cc1. The van der Waals surface area contributed by atoms with Gasteiger partial charge < -0.3 is 0 Å². The van der Waals surface area contributed by atoms with E-state index in [2.05, 4.69) is 5.92 Å². The van der Waals surface area contributed by atoms with Gasteiger partial charge in [-0.15, -0.1) is 12.3 Å². The summed E-state index contributed by atoms with van der Waals surface area (Å²) in [7, 11) is -3.52. The molecular weight excluding hydrogens is 224 g/mol. The van der Waals surface area contributed by atoms with Crippen LogP contribution in [-0.2, 0) is 20.1 Å². The highest BCUT2D eigenvalue weighted by atomic mass is 32.2. The standard InChI is InChI=1S/C12H14O3S/c1-3-4-9-15-16(13,14)10-12-7-5-11(2)6-8-12/h1,5-8H,4,9-10H2,2H3. The number of hydrogen-bond acceptors (Lipinski definition) is 3. The smallest absolute Gasteiger partial charge is 0.269 e. The Labute approximate surface area is 96.6 Å². The topological polar surface area (TPSA) is 43.4 Å². The van der Waals surface area contributed by atoms with Gasteiger partial charge in [-0.1, -0.05) is 29.8 Å². The van der Waals surface area contributed by atoms with Crippen molar-refractivity contribution in [1.29, 1.82) is 0 Å². The van der Waals surface area contributed by atoms with Crippen LogP contribution in [0.15, 0.2) is 24.3 Å². The van der Waals surface area contributed by atoms with E-state index in [-0.39, 0.29) is 12.4 Å². The summed E-state index contributed by atoms with van der Waals surface area (Å²) < 4.78 is 27.7. The van der Waals surface area contributed by atoms with Gasteiger partial charge in [-0.05, 0) is 12.5 Å². The van der Waals surface area contributed by atoms with E-state index in [9.17, 15) is 8.42 Å². The van der Waals surface area contributed by atoms with Crippen LogP contribution in [0.2, 0.25) is 0 Å². The van der Waals surface area contributed by atoms with Crippen molar-refractivity contribution >= 4 is 10.1 Å². The molecule has 0 fully saturated rings. The van der Waals surface area contributed by atoms with E-state index in [0.717, 1.165) is 5.56 Å². The van der Waals surface area contributed by atoms with Crippen LogP contribution >= 0.6 is 0 Å². The maximum atomic E-state index is 11.5. The van der Waals surface area contributed by atoms with Gasteiger partial charge in [0.25, 0.3) is 10.1 Å². The number of terminal acetylenes is 1. The molecule has 0 aliphatic carbocycles. The van der Waals surface area contributed by atoms with Crippen molar-refractivity contribution in [2.45, 2.75) is 19.1 Å². The van der Waals surface area contributed by atoms with Crippen LogP contribution in [-0.4, -0.2) is 15.0 Å². The van der Waals surface area contributed by atoms with E-state index in [1.54, 1.807) is 12.1 Å². The average Bonchev–Trinajstić information content (AvgIpc) is 2.21. The maximum Gasteiger partial charge on any atom is 0.271 e. The van der Waals surface area contributed by atoms with Gasteiger partial charge in [-0.2, -0.15) is 8.42 Å². The quantitative estimate of drug-likeness (QED) is 0.447. The van der Waals surface area contributed by atoms with Crippen molar-refractivity contribution in [2.75, 3.05) is 6.61 Å². The fourth-order valence-electron chi connectivity index (χ4n) is 1.16. The zero-order valence-electron chi connectivity index (χ0n) is 9.14. The van der Waals surface area contributed by atoms with Crippen molar-refractivity contribution in [3.05, 3.63) is 35.4 Å². The summed E-state index contributed by atoms with van der Waals surface area (Å²) in [5, 5.41) is 0. The summed E-state index contributed by atoms with van der Waals surface area (Å²) in [6.45, 7) is 1.99. The minimum atomic E-state index is -3.52. The molecule has 0 saturated carbocycles. The molecule has 0 bridgehead atoms. The van der Waals surface area contributed by atoms with Gasteiger partial charge >= 0.3 is 0 Å². The fraction of sp³-hybridized carbons (Fsp3) is 0.333. The van der Waals surface area contributed by atoms with Crippen LogP contribution in [0.25, 0.3) is 0 Å². The van der Waals surface area contributed by atoms with E-state index in [1.807, 2.05) is 19.1 Å². The number of rotatable bonds is 5. The molecule has 0 radical (unpaired) electrons. The minimum absolute atomic E-state index is 0.0463. The van der Waals surface area contributed by atoms with E-state index in [1.165, 1.54) is 0 Å². The number of benzene rings is 1. The predicted molar refractivity (Wildman–Crippen MR) is 63.2 cm³/mol. The number of aryl methyl sites for hydroxylation is 1. The summed E-state index contributed by atoms with van der Waals surface area (Å²) in [6, 6.07) is 7.29. The molecule has 3 nitrogen and oxygen atoms in total. The number of hydrogen-bond donors (Lipinski definition) is 0. The van der Waals surface area contributed by atoms with Gasteiger partial charge in [-0.25, -0.2) is 0 Å². The van der Waals surface area contributed by atoms with Crippen LogP contribution in [0.4, 0.5) is 0 Å². The maximum absolute atomic E-state index is 11.5. The first-order chi connectivity index (χ1) is 7.53. The Morgan fingerprint density at radius 1 is 1.31 bits per heavy atom. The molecule has 0 spiro atoms. The zero-order valence-corrected chi connectivity index (χ0v) is 9.96. The van der Waals surface area contributed by atoms with Crippen molar-refractivity contribution in [1.82, 2.24) is 0 Å². The van der Waals surface area contributed by atoms with Gasteiger partial charge in [0.15, 0.2) is 0 Å². The van der Waals surface area contributed by atoms with Crippen LogP contribution in [0.1, 0.15) is 17.5 Å². The Hall–Kier alpha value is -1.31. The Morgan fingerprint density at radius 2 is 1.94 bits per heavy atom. The first-order valence-electron chi connectivity index (χ1n) is 4.89. The molecule has 0 aliphatic rings. The largest absolute Gasteiger partial charge is 0.271 e. The first-order valence-corrected chi connectivity index (χ1v) is 6.47. The molecule has 4 heteroatoms. The van der Waals surface area contributed by atoms with E-state index in [4.69, 9.17) is 10.6 Å². The Kier molecular flexibility index (Phi) is 4.53. The second-order valence-electron chi connectivity index (χ2n) is 3.46. The second kappa shape index (κ2) is 5.69.